The van der Waals surface area contributed by atoms with E-state index in [0.29, 0.717) is 5.56 Å². The Morgan fingerprint density at radius 2 is 2.00 bits per heavy atom. The smallest absolute Gasteiger partial charge is 0.145 e. The molecule has 1 aliphatic carbocycles. The first-order chi connectivity index (χ1) is 9.16. The fourth-order valence-corrected chi connectivity index (χ4v) is 2.74. The van der Waals surface area contributed by atoms with Crippen molar-refractivity contribution in [1.82, 2.24) is 0 Å². The maximum atomic E-state index is 13.8. The molecule has 0 aromatic heterocycles. The molecule has 2 aromatic rings. The predicted molar refractivity (Wildman–Crippen MR) is 73.0 cm³/mol. The lowest BCUT2D eigenvalue weighted by atomic mass is 9.74. The maximum absolute atomic E-state index is 13.8. The molecule has 0 N–H and O–H groups in total. The number of rotatable bonds is 3. The van der Waals surface area contributed by atoms with Gasteiger partial charge in [0.25, 0.3) is 0 Å². The van der Waals surface area contributed by atoms with E-state index in [1.165, 1.54) is 11.6 Å². The van der Waals surface area contributed by atoms with Crippen LogP contribution in [-0.4, -0.2) is 5.78 Å². The minimum atomic E-state index is -0.481. The normalized spacial score (nSPS) is 16.6. The summed E-state index contributed by atoms with van der Waals surface area (Å²) in [5.41, 5.74) is 2.67. The van der Waals surface area contributed by atoms with E-state index in [9.17, 15) is 9.18 Å². The van der Waals surface area contributed by atoms with E-state index in [-0.39, 0.29) is 23.1 Å². The van der Waals surface area contributed by atoms with Crippen LogP contribution in [0.4, 0.5) is 4.39 Å². The average molecular weight is 275 g/mol. The monoisotopic (exact) mass is 274 g/mol. The molecule has 0 spiro atoms. The quantitative estimate of drug-likeness (QED) is 0.829. The number of hydrogen-bond donors (Lipinski definition) is 0. The summed E-state index contributed by atoms with van der Waals surface area (Å²) in [6.07, 6.45) is 0.864. The second kappa shape index (κ2) is 4.78. The molecule has 0 saturated carbocycles. The van der Waals surface area contributed by atoms with Crippen LogP contribution in [0.3, 0.4) is 0 Å². The van der Waals surface area contributed by atoms with Crippen LogP contribution in [0.5, 0.6) is 0 Å². The molecule has 0 fully saturated rings. The highest BCUT2D eigenvalue weighted by atomic mass is 35.5. The Morgan fingerprint density at radius 3 is 2.79 bits per heavy atom. The number of ketones is 1. The van der Waals surface area contributed by atoms with Gasteiger partial charge in [-0.3, -0.25) is 4.79 Å². The molecule has 0 heterocycles. The van der Waals surface area contributed by atoms with Gasteiger partial charge in [0.1, 0.15) is 11.6 Å². The zero-order valence-corrected chi connectivity index (χ0v) is 11.0. The molecule has 19 heavy (non-hydrogen) atoms. The molecular weight excluding hydrogens is 263 g/mol. The van der Waals surface area contributed by atoms with E-state index in [2.05, 4.69) is 0 Å². The van der Waals surface area contributed by atoms with Gasteiger partial charge in [-0.25, -0.2) is 4.39 Å². The summed E-state index contributed by atoms with van der Waals surface area (Å²) < 4.78 is 13.8. The van der Waals surface area contributed by atoms with Crippen LogP contribution in [0.2, 0.25) is 5.02 Å². The summed E-state index contributed by atoms with van der Waals surface area (Å²) in [7, 11) is 0. The van der Waals surface area contributed by atoms with E-state index in [0.717, 1.165) is 12.0 Å². The highest BCUT2D eigenvalue weighted by molar-refractivity contribution is 6.30. The van der Waals surface area contributed by atoms with Crippen molar-refractivity contribution in [1.29, 1.82) is 0 Å². The molecule has 0 amide bonds. The van der Waals surface area contributed by atoms with Gasteiger partial charge < -0.3 is 0 Å². The Kier molecular flexibility index (Phi) is 3.11. The molecule has 0 aliphatic heterocycles. The molecular formula is C16H12ClFO. The largest absolute Gasteiger partial charge is 0.299 e. The number of benzene rings is 2. The molecule has 1 aliphatic rings. The van der Waals surface area contributed by atoms with Crippen molar-refractivity contribution in [3.63, 3.8) is 0 Å². The number of halogens is 2. The average Bonchev–Trinajstić information content (AvgIpc) is 2.36. The summed E-state index contributed by atoms with van der Waals surface area (Å²) in [5, 5.41) is 0.0688. The van der Waals surface area contributed by atoms with Gasteiger partial charge >= 0.3 is 0 Å². The van der Waals surface area contributed by atoms with Crippen molar-refractivity contribution >= 4 is 17.4 Å². The van der Waals surface area contributed by atoms with Gasteiger partial charge in [0.2, 0.25) is 0 Å². The molecule has 1 unspecified atom stereocenters. The lowest BCUT2D eigenvalue weighted by Gasteiger charge is -2.28. The Bertz CT molecular complexity index is 651. The summed E-state index contributed by atoms with van der Waals surface area (Å²) in [6, 6.07) is 12.7. The first kappa shape index (κ1) is 12.4. The molecule has 1 nitrogen and oxygen atoms in total. The van der Waals surface area contributed by atoms with Gasteiger partial charge in [-0.2, -0.15) is 0 Å². The lowest BCUT2D eigenvalue weighted by Crippen LogP contribution is -2.26. The topological polar surface area (TPSA) is 17.1 Å². The van der Waals surface area contributed by atoms with Crippen LogP contribution in [0.15, 0.2) is 42.5 Å². The van der Waals surface area contributed by atoms with E-state index >= 15 is 0 Å². The number of hydrogen-bond acceptors (Lipinski definition) is 1. The molecule has 2 aromatic carbocycles. The first-order valence-electron chi connectivity index (χ1n) is 6.20. The summed E-state index contributed by atoms with van der Waals surface area (Å²) in [6.45, 7) is 0. The lowest BCUT2D eigenvalue weighted by molar-refractivity contribution is -0.120. The third kappa shape index (κ3) is 2.17. The zero-order valence-electron chi connectivity index (χ0n) is 10.2. The molecule has 1 atom stereocenters. The van der Waals surface area contributed by atoms with Gasteiger partial charge in [0, 0.05) is 12.3 Å². The second-order valence-electron chi connectivity index (χ2n) is 4.81. The van der Waals surface area contributed by atoms with Crippen molar-refractivity contribution in [3.8, 4) is 0 Å². The summed E-state index contributed by atoms with van der Waals surface area (Å²) >= 11 is 5.72. The molecule has 0 saturated heterocycles. The predicted octanol–water partition coefficient (Wildman–Crippen LogP) is 3.93. The standard InChI is InChI=1S/C16H12ClFO/c17-14-7-3-5-11(16(14)18)9-15(19)13-8-10-4-1-2-6-12(10)13/h1-7,13H,8-9H2. The van der Waals surface area contributed by atoms with Crippen LogP contribution in [0.25, 0.3) is 0 Å². The number of fused-ring (bicyclic) bond motifs is 1. The second-order valence-corrected chi connectivity index (χ2v) is 5.22. The third-order valence-corrected chi connectivity index (χ3v) is 3.93. The van der Waals surface area contributed by atoms with Crippen molar-refractivity contribution in [2.24, 2.45) is 0 Å². The Hall–Kier alpha value is -1.67. The van der Waals surface area contributed by atoms with Crippen molar-refractivity contribution in [2.45, 2.75) is 18.8 Å². The highest BCUT2D eigenvalue weighted by Gasteiger charge is 2.31. The third-order valence-electron chi connectivity index (χ3n) is 3.64. The van der Waals surface area contributed by atoms with Gasteiger partial charge in [-0.1, -0.05) is 48.0 Å². The Balaban J connectivity index is 1.79. The van der Waals surface area contributed by atoms with Crippen LogP contribution < -0.4 is 0 Å². The van der Waals surface area contributed by atoms with Crippen molar-refractivity contribution in [2.75, 3.05) is 0 Å². The number of Topliss-reactive ketones (excluding diaryl/α,β-unsaturated/α-hetero) is 1. The van der Waals surface area contributed by atoms with Gasteiger partial charge in [0.15, 0.2) is 0 Å². The molecule has 3 heteroatoms. The minimum Gasteiger partial charge on any atom is -0.299 e. The molecule has 96 valence electrons. The van der Waals surface area contributed by atoms with E-state index in [1.54, 1.807) is 12.1 Å². The fourth-order valence-electron chi connectivity index (χ4n) is 2.54. The van der Waals surface area contributed by atoms with E-state index in [1.807, 2.05) is 24.3 Å². The van der Waals surface area contributed by atoms with Crippen LogP contribution in [0.1, 0.15) is 22.6 Å². The zero-order chi connectivity index (χ0) is 13.4. The molecule has 0 radical (unpaired) electrons. The van der Waals surface area contributed by atoms with Gasteiger partial charge in [0.05, 0.1) is 5.02 Å². The molecule has 3 rings (SSSR count). The Morgan fingerprint density at radius 1 is 1.21 bits per heavy atom. The number of carbonyl (C=O) groups excluding carboxylic acids is 1. The SMILES string of the molecule is O=C(Cc1cccc(Cl)c1F)C1Cc2ccccc21. The summed E-state index contributed by atoms with van der Waals surface area (Å²) in [4.78, 5) is 12.2. The number of carbonyl (C=O) groups is 1. The Labute approximate surface area is 116 Å². The minimum absolute atomic E-state index is 0.0554. The van der Waals surface area contributed by atoms with Crippen LogP contribution in [0, 0.1) is 5.82 Å². The van der Waals surface area contributed by atoms with Gasteiger partial charge in [-0.15, -0.1) is 0 Å². The summed E-state index contributed by atoms with van der Waals surface area (Å²) in [5.74, 6) is -0.514. The van der Waals surface area contributed by atoms with Crippen LogP contribution >= 0.6 is 11.6 Å². The van der Waals surface area contributed by atoms with E-state index in [4.69, 9.17) is 11.6 Å². The van der Waals surface area contributed by atoms with E-state index < -0.39 is 5.82 Å². The maximum Gasteiger partial charge on any atom is 0.145 e. The van der Waals surface area contributed by atoms with Crippen molar-refractivity contribution in [3.05, 3.63) is 70.0 Å². The fraction of sp³-hybridized carbons (Fsp3) is 0.188. The van der Waals surface area contributed by atoms with Crippen molar-refractivity contribution < 1.29 is 9.18 Å². The molecule has 0 bridgehead atoms. The van der Waals surface area contributed by atoms with Gasteiger partial charge in [-0.05, 0) is 29.2 Å². The highest BCUT2D eigenvalue weighted by Crippen LogP contribution is 2.36. The first-order valence-corrected chi connectivity index (χ1v) is 6.58. The van der Waals surface area contributed by atoms with Crippen LogP contribution in [-0.2, 0) is 17.6 Å².